The molecule has 0 spiro atoms. The van der Waals surface area contributed by atoms with Crippen LogP contribution in [0.4, 0.5) is 5.69 Å². The van der Waals surface area contributed by atoms with E-state index < -0.39 is 0 Å². The van der Waals surface area contributed by atoms with Crippen LogP contribution in [0.5, 0.6) is 11.5 Å². The lowest BCUT2D eigenvalue weighted by atomic mass is 10.1. The second-order valence-corrected chi connectivity index (χ2v) is 5.94. The van der Waals surface area contributed by atoms with Gasteiger partial charge >= 0.3 is 0 Å². The van der Waals surface area contributed by atoms with Gasteiger partial charge in [0.25, 0.3) is 0 Å². The molecule has 2 aromatic carbocycles. The van der Waals surface area contributed by atoms with Gasteiger partial charge in [-0.2, -0.15) is 0 Å². The third-order valence-electron chi connectivity index (χ3n) is 4.11. The SMILES string of the molecule is COc1ccc(CCC(=O)Nc2cccc(-c3nnnn3C)c2)cc1OC. The standard InChI is InChI=1S/C19H21N5O3/c1-24-19(21-22-23-24)14-5-4-6-15(12-14)20-18(25)10-8-13-7-9-16(26-2)17(11-13)27-3/h4-7,9,11-12H,8,10H2,1-3H3,(H,20,25). The maximum atomic E-state index is 12.3. The first-order chi connectivity index (χ1) is 13.1. The van der Waals surface area contributed by atoms with E-state index in [1.807, 2.05) is 42.5 Å². The van der Waals surface area contributed by atoms with Crippen LogP contribution in [0.3, 0.4) is 0 Å². The molecular formula is C19H21N5O3. The van der Waals surface area contributed by atoms with Crippen LogP contribution in [0, 0.1) is 0 Å². The lowest BCUT2D eigenvalue weighted by Gasteiger charge is -2.10. The van der Waals surface area contributed by atoms with Gasteiger partial charge in [-0.1, -0.05) is 18.2 Å². The van der Waals surface area contributed by atoms with Gasteiger partial charge in [0, 0.05) is 24.7 Å². The fraction of sp³-hybridized carbons (Fsp3) is 0.263. The minimum Gasteiger partial charge on any atom is -0.493 e. The monoisotopic (exact) mass is 367 g/mol. The number of tetrazole rings is 1. The Morgan fingerprint density at radius 3 is 2.63 bits per heavy atom. The molecule has 0 fully saturated rings. The molecule has 1 heterocycles. The average Bonchev–Trinajstić information content (AvgIpc) is 3.12. The van der Waals surface area contributed by atoms with Gasteiger partial charge in [-0.25, -0.2) is 4.68 Å². The lowest BCUT2D eigenvalue weighted by Crippen LogP contribution is -2.12. The van der Waals surface area contributed by atoms with Gasteiger partial charge < -0.3 is 14.8 Å². The molecule has 0 saturated carbocycles. The number of benzene rings is 2. The first-order valence-electron chi connectivity index (χ1n) is 8.44. The van der Waals surface area contributed by atoms with Crippen molar-refractivity contribution in [2.24, 2.45) is 7.05 Å². The van der Waals surface area contributed by atoms with Crippen LogP contribution < -0.4 is 14.8 Å². The highest BCUT2D eigenvalue weighted by Gasteiger charge is 2.09. The predicted molar refractivity (Wildman–Crippen MR) is 101 cm³/mol. The molecule has 3 aromatic rings. The summed E-state index contributed by atoms with van der Waals surface area (Å²) in [5, 5.41) is 14.3. The number of amides is 1. The van der Waals surface area contributed by atoms with E-state index in [2.05, 4.69) is 20.8 Å². The largest absolute Gasteiger partial charge is 0.493 e. The number of nitrogens with one attached hydrogen (secondary N) is 1. The highest BCUT2D eigenvalue weighted by molar-refractivity contribution is 5.91. The summed E-state index contributed by atoms with van der Waals surface area (Å²) < 4.78 is 12.1. The van der Waals surface area contributed by atoms with Crippen molar-refractivity contribution in [3.05, 3.63) is 48.0 Å². The van der Waals surface area contributed by atoms with Gasteiger partial charge in [0.15, 0.2) is 17.3 Å². The third-order valence-corrected chi connectivity index (χ3v) is 4.11. The zero-order valence-electron chi connectivity index (χ0n) is 15.5. The van der Waals surface area contributed by atoms with E-state index in [4.69, 9.17) is 9.47 Å². The summed E-state index contributed by atoms with van der Waals surface area (Å²) in [7, 11) is 4.95. The summed E-state index contributed by atoms with van der Waals surface area (Å²) >= 11 is 0. The molecule has 1 N–H and O–H groups in total. The topological polar surface area (TPSA) is 91.2 Å². The molecule has 8 heteroatoms. The van der Waals surface area contributed by atoms with Gasteiger partial charge in [-0.3, -0.25) is 4.79 Å². The fourth-order valence-electron chi connectivity index (χ4n) is 2.73. The van der Waals surface area contributed by atoms with Crippen molar-refractivity contribution in [1.82, 2.24) is 20.2 Å². The van der Waals surface area contributed by atoms with Crippen LogP contribution in [0.25, 0.3) is 11.4 Å². The molecule has 0 atom stereocenters. The van der Waals surface area contributed by atoms with E-state index >= 15 is 0 Å². The van der Waals surface area contributed by atoms with Gasteiger partial charge in [0.2, 0.25) is 5.91 Å². The molecule has 8 nitrogen and oxygen atoms in total. The van der Waals surface area contributed by atoms with Crippen molar-refractivity contribution in [1.29, 1.82) is 0 Å². The minimum absolute atomic E-state index is 0.0713. The van der Waals surface area contributed by atoms with Crippen molar-refractivity contribution in [3.8, 4) is 22.9 Å². The number of aryl methyl sites for hydroxylation is 2. The smallest absolute Gasteiger partial charge is 0.224 e. The number of carbonyl (C=O) groups excluding carboxylic acids is 1. The predicted octanol–water partition coefficient (Wildman–Crippen LogP) is 2.47. The second kappa shape index (κ2) is 8.31. The van der Waals surface area contributed by atoms with Gasteiger partial charge in [0.1, 0.15) is 0 Å². The number of rotatable bonds is 7. The van der Waals surface area contributed by atoms with Gasteiger partial charge in [0.05, 0.1) is 14.2 Å². The number of hydrogen-bond acceptors (Lipinski definition) is 6. The van der Waals surface area contributed by atoms with Crippen molar-refractivity contribution >= 4 is 11.6 Å². The van der Waals surface area contributed by atoms with Crippen molar-refractivity contribution in [2.45, 2.75) is 12.8 Å². The zero-order valence-corrected chi connectivity index (χ0v) is 15.5. The van der Waals surface area contributed by atoms with Crippen molar-refractivity contribution in [2.75, 3.05) is 19.5 Å². The van der Waals surface area contributed by atoms with Crippen molar-refractivity contribution in [3.63, 3.8) is 0 Å². The van der Waals surface area contributed by atoms with E-state index in [0.29, 0.717) is 35.9 Å². The Bertz CT molecular complexity index is 939. The summed E-state index contributed by atoms with van der Waals surface area (Å²) in [6.07, 6.45) is 0.949. The molecule has 0 saturated heterocycles. The molecule has 27 heavy (non-hydrogen) atoms. The van der Waals surface area contributed by atoms with Crippen LogP contribution >= 0.6 is 0 Å². The average molecular weight is 367 g/mol. The first kappa shape index (κ1) is 18.4. The zero-order chi connectivity index (χ0) is 19.2. The van der Waals surface area contributed by atoms with Gasteiger partial charge in [-0.15, -0.1) is 5.10 Å². The molecule has 0 radical (unpaired) electrons. The van der Waals surface area contributed by atoms with E-state index in [1.165, 1.54) is 0 Å². The molecule has 1 amide bonds. The Morgan fingerprint density at radius 2 is 1.93 bits per heavy atom. The van der Waals surface area contributed by atoms with Crippen LogP contribution in [-0.4, -0.2) is 40.3 Å². The summed E-state index contributed by atoms with van der Waals surface area (Å²) in [6, 6.07) is 13.1. The molecule has 140 valence electrons. The highest BCUT2D eigenvalue weighted by atomic mass is 16.5. The molecule has 0 bridgehead atoms. The number of aromatic nitrogens is 4. The molecule has 3 rings (SSSR count). The number of nitrogens with zero attached hydrogens (tertiary/aromatic N) is 4. The molecule has 0 aliphatic carbocycles. The summed E-state index contributed by atoms with van der Waals surface area (Å²) in [5.74, 6) is 1.88. The first-order valence-corrected chi connectivity index (χ1v) is 8.44. The fourth-order valence-corrected chi connectivity index (χ4v) is 2.73. The summed E-state index contributed by atoms with van der Waals surface area (Å²) in [6.45, 7) is 0. The molecular weight excluding hydrogens is 346 g/mol. The Kier molecular flexibility index (Phi) is 5.65. The number of anilines is 1. The van der Waals surface area contributed by atoms with Crippen LogP contribution in [0.1, 0.15) is 12.0 Å². The Balaban J connectivity index is 1.62. The molecule has 0 aliphatic rings. The lowest BCUT2D eigenvalue weighted by molar-refractivity contribution is -0.116. The summed E-state index contributed by atoms with van der Waals surface area (Å²) in [4.78, 5) is 12.3. The van der Waals surface area contributed by atoms with Crippen LogP contribution in [0.2, 0.25) is 0 Å². The van der Waals surface area contributed by atoms with E-state index in [-0.39, 0.29) is 5.91 Å². The molecule has 1 aromatic heterocycles. The van der Waals surface area contributed by atoms with E-state index in [0.717, 1.165) is 11.1 Å². The van der Waals surface area contributed by atoms with E-state index in [1.54, 1.807) is 25.9 Å². The molecule has 0 aliphatic heterocycles. The maximum Gasteiger partial charge on any atom is 0.224 e. The second-order valence-electron chi connectivity index (χ2n) is 5.94. The number of hydrogen-bond donors (Lipinski definition) is 1. The highest BCUT2D eigenvalue weighted by Crippen LogP contribution is 2.28. The van der Waals surface area contributed by atoms with Crippen LogP contribution in [-0.2, 0) is 18.3 Å². The van der Waals surface area contributed by atoms with Crippen molar-refractivity contribution < 1.29 is 14.3 Å². The minimum atomic E-state index is -0.0713. The molecule has 0 unspecified atom stereocenters. The normalized spacial score (nSPS) is 10.5. The quantitative estimate of drug-likeness (QED) is 0.690. The number of carbonyl (C=O) groups is 1. The number of methoxy groups -OCH3 is 2. The van der Waals surface area contributed by atoms with Gasteiger partial charge in [-0.05, 0) is 46.7 Å². The maximum absolute atomic E-state index is 12.3. The third kappa shape index (κ3) is 4.41. The Morgan fingerprint density at radius 1 is 1.11 bits per heavy atom. The Hall–Kier alpha value is -3.42. The van der Waals surface area contributed by atoms with E-state index in [9.17, 15) is 4.79 Å². The summed E-state index contributed by atoms with van der Waals surface area (Å²) in [5.41, 5.74) is 2.54. The van der Waals surface area contributed by atoms with Crippen LogP contribution in [0.15, 0.2) is 42.5 Å². The number of ether oxygens (including phenoxy) is 2. The Labute approximate surface area is 157 Å².